The number of methoxy groups -OCH3 is 1. The van der Waals surface area contributed by atoms with E-state index >= 15 is 0 Å². The van der Waals surface area contributed by atoms with E-state index in [0.29, 0.717) is 29.4 Å². The van der Waals surface area contributed by atoms with E-state index in [1.807, 2.05) is 42.5 Å². The molecular formula is C31H37N3O8S. The van der Waals surface area contributed by atoms with Crippen LogP contribution in [-0.2, 0) is 39.8 Å². The maximum Gasteiger partial charge on any atom is 0.333 e. The lowest BCUT2D eigenvalue weighted by atomic mass is 10.1. The van der Waals surface area contributed by atoms with Crippen LogP contribution < -0.4 is 4.74 Å². The van der Waals surface area contributed by atoms with Crippen LogP contribution in [0.25, 0.3) is 16.7 Å². The van der Waals surface area contributed by atoms with Crippen molar-refractivity contribution in [3.8, 4) is 11.4 Å². The molecular weight excluding hydrogens is 574 g/mol. The van der Waals surface area contributed by atoms with Crippen LogP contribution in [-0.4, -0.2) is 77.6 Å². The van der Waals surface area contributed by atoms with Gasteiger partial charge in [0.2, 0.25) is 0 Å². The second-order valence-electron chi connectivity index (χ2n) is 9.87. The fourth-order valence-electron chi connectivity index (χ4n) is 3.60. The molecule has 43 heavy (non-hydrogen) atoms. The van der Waals surface area contributed by atoms with Crippen molar-refractivity contribution in [2.24, 2.45) is 5.92 Å². The average Bonchev–Trinajstić information content (AvgIpc) is 3.42. The molecule has 0 saturated heterocycles. The van der Waals surface area contributed by atoms with Crippen LogP contribution in [0.5, 0.6) is 5.75 Å². The predicted molar refractivity (Wildman–Crippen MR) is 163 cm³/mol. The highest BCUT2D eigenvalue weighted by Gasteiger charge is 2.21. The number of fused-ring (bicyclic) bond motifs is 1. The summed E-state index contributed by atoms with van der Waals surface area (Å²) in [5, 5.41) is 9.11. The number of hydrogen-bond donors (Lipinski definition) is 0. The molecule has 0 saturated carbocycles. The lowest BCUT2D eigenvalue weighted by Gasteiger charge is -2.19. The largest absolute Gasteiger partial charge is 0.465 e. The minimum absolute atomic E-state index is 0.0668. The van der Waals surface area contributed by atoms with Crippen LogP contribution in [0.15, 0.2) is 66.8 Å². The van der Waals surface area contributed by atoms with Crippen molar-refractivity contribution in [1.82, 2.24) is 15.0 Å². The van der Waals surface area contributed by atoms with Crippen LogP contribution in [0, 0.1) is 5.92 Å². The van der Waals surface area contributed by atoms with Gasteiger partial charge in [-0.2, -0.15) is 11.8 Å². The number of thioether (sulfide) groups is 1. The van der Waals surface area contributed by atoms with E-state index in [4.69, 9.17) is 23.7 Å². The molecule has 230 valence electrons. The second kappa shape index (κ2) is 16.5. The average molecular weight is 612 g/mol. The summed E-state index contributed by atoms with van der Waals surface area (Å²) in [6, 6.07) is 13.1. The first-order chi connectivity index (χ1) is 20.6. The molecule has 0 aliphatic carbocycles. The maximum absolute atomic E-state index is 12.7. The molecule has 1 heterocycles. The van der Waals surface area contributed by atoms with Gasteiger partial charge in [-0.3, -0.25) is 4.79 Å². The standard InChI is InChI=1S/C31H37N3O8S/c1-20(2)29(35)40-16-24(42-30(36)21(3)4)18-43-17-22(5)31(37)39-14-13-23-11-12-28(41-19-38-6)27(15-23)34-32-25-9-7-8-10-26(25)33-34/h7-12,15,22,24H,1,3,13-14,16-19H2,2,4-6H3. The second-order valence-corrected chi connectivity index (χ2v) is 10.9. The lowest BCUT2D eigenvalue weighted by molar-refractivity contribution is -0.152. The third-order valence-corrected chi connectivity index (χ3v) is 7.28. The number of benzene rings is 2. The normalized spacial score (nSPS) is 12.3. The third-order valence-electron chi connectivity index (χ3n) is 5.94. The summed E-state index contributed by atoms with van der Waals surface area (Å²) < 4.78 is 26.8. The Morgan fingerprint density at radius 2 is 1.63 bits per heavy atom. The summed E-state index contributed by atoms with van der Waals surface area (Å²) >= 11 is 1.39. The van der Waals surface area contributed by atoms with Gasteiger partial charge in [-0.1, -0.05) is 38.3 Å². The topological polar surface area (TPSA) is 128 Å². The van der Waals surface area contributed by atoms with Crippen LogP contribution >= 0.6 is 11.8 Å². The summed E-state index contributed by atoms with van der Waals surface area (Å²) in [6.45, 7) is 12.1. The number of ether oxygens (including phenoxy) is 5. The Morgan fingerprint density at radius 3 is 2.26 bits per heavy atom. The van der Waals surface area contributed by atoms with E-state index in [9.17, 15) is 14.4 Å². The molecule has 0 bridgehead atoms. The molecule has 2 atom stereocenters. The molecule has 0 radical (unpaired) electrons. The first kappa shape index (κ1) is 33.3. The molecule has 0 N–H and O–H groups in total. The zero-order valence-corrected chi connectivity index (χ0v) is 25.7. The number of aromatic nitrogens is 3. The monoisotopic (exact) mass is 611 g/mol. The van der Waals surface area contributed by atoms with Gasteiger partial charge >= 0.3 is 17.9 Å². The molecule has 3 aromatic rings. The maximum atomic E-state index is 12.7. The van der Waals surface area contributed by atoms with E-state index in [1.165, 1.54) is 30.4 Å². The molecule has 0 amide bonds. The predicted octanol–water partition coefficient (Wildman–Crippen LogP) is 4.47. The van der Waals surface area contributed by atoms with Crippen molar-refractivity contribution in [3.05, 3.63) is 72.3 Å². The minimum atomic E-state index is -0.701. The molecule has 3 rings (SSSR count). The smallest absolute Gasteiger partial charge is 0.333 e. The quantitative estimate of drug-likeness (QED) is 0.0928. The van der Waals surface area contributed by atoms with Crippen LogP contribution in [0.4, 0.5) is 0 Å². The Balaban J connectivity index is 1.53. The van der Waals surface area contributed by atoms with Gasteiger partial charge < -0.3 is 23.7 Å². The van der Waals surface area contributed by atoms with Crippen molar-refractivity contribution in [2.75, 3.05) is 38.6 Å². The van der Waals surface area contributed by atoms with Gasteiger partial charge in [-0.15, -0.1) is 15.0 Å². The molecule has 11 nitrogen and oxygen atoms in total. The number of rotatable bonds is 17. The van der Waals surface area contributed by atoms with Gasteiger partial charge in [0, 0.05) is 36.2 Å². The zero-order chi connectivity index (χ0) is 31.4. The SMILES string of the molecule is C=C(C)C(=O)OCC(CSCC(C)C(=O)OCCc1ccc(OCOC)c(-n2nc3ccccc3n2)c1)OC(=O)C(=C)C. The Labute approximate surface area is 255 Å². The fourth-order valence-corrected chi connectivity index (χ4v) is 4.66. The Hall–Kier alpha value is -4.16. The first-order valence-electron chi connectivity index (χ1n) is 13.6. The fraction of sp³-hybridized carbons (Fsp3) is 0.387. The van der Waals surface area contributed by atoms with E-state index in [1.54, 1.807) is 14.0 Å². The van der Waals surface area contributed by atoms with Crippen LogP contribution in [0.2, 0.25) is 0 Å². The lowest BCUT2D eigenvalue weighted by Crippen LogP contribution is -2.28. The number of nitrogens with zero attached hydrogens (tertiary/aromatic N) is 3. The Bertz CT molecular complexity index is 1420. The summed E-state index contributed by atoms with van der Waals surface area (Å²) in [6.07, 6.45) is -0.232. The van der Waals surface area contributed by atoms with Crippen LogP contribution in [0.1, 0.15) is 26.3 Å². The Kier molecular flexibility index (Phi) is 12.8. The van der Waals surface area contributed by atoms with Gasteiger partial charge in [0.15, 0.2) is 6.79 Å². The van der Waals surface area contributed by atoms with Crippen molar-refractivity contribution >= 4 is 40.7 Å². The highest BCUT2D eigenvalue weighted by molar-refractivity contribution is 7.99. The summed E-state index contributed by atoms with van der Waals surface area (Å²) in [5.41, 5.74) is 3.52. The zero-order valence-electron chi connectivity index (χ0n) is 24.9. The number of hydrogen-bond acceptors (Lipinski definition) is 11. The van der Waals surface area contributed by atoms with Gasteiger partial charge in [0.25, 0.3) is 0 Å². The summed E-state index contributed by atoms with van der Waals surface area (Å²) in [7, 11) is 1.54. The van der Waals surface area contributed by atoms with E-state index in [-0.39, 0.29) is 37.1 Å². The molecule has 12 heteroatoms. The first-order valence-corrected chi connectivity index (χ1v) is 14.7. The highest BCUT2D eigenvalue weighted by Crippen LogP contribution is 2.25. The van der Waals surface area contributed by atoms with Crippen molar-refractivity contribution in [2.45, 2.75) is 33.3 Å². The van der Waals surface area contributed by atoms with Gasteiger partial charge in [-0.25, -0.2) is 9.59 Å². The van der Waals surface area contributed by atoms with Crippen molar-refractivity contribution in [1.29, 1.82) is 0 Å². The molecule has 1 aromatic heterocycles. The van der Waals surface area contributed by atoms with Crippen LogP contribution in [0.3, 0.4) is 0 Å². The molecule has 0 fully saturated rings. The Morgan fingerprint density at radius 1 is 0.953 bits per heavy atom. The minimum Gasteiger partial charge on any atom is -0.465 e. The van der Waals surface area contributed by atoms with E-state index < -0.39 is 24.0 Å². The van der Waals surface area contributed by atoms with Gasteiger partial charge in [0.1, 0.15) is 35.2 Å². The number of esters is 3. The van der Waals surface area contributed by atoms with E-state index in [0.717, 1.165) is 16.6 Å². The molecule has 2 unspecified atom stereocenters. The van der Waals surface area contributed by atoms with Crippen molar-refractivity contribution in [3.63, 3.8) is 0 Å². The van der Waals surface area contributed by atoms with E-state index in [2.05, 4.69) is 23.4 Å². The molecule has 0 aliphatic rings. The third kappa shape index (κ3) is 10.3. The van der Waals surface area contributed by atoms with Gasteiger partial charge in [0.05, 0.1) is 12.5 Å². The van der Waals surface area contributed by atoms with Crippen molar-refractivity contribution < 1.29 is 38.1 Å². The van der Waals surface area contributed by atoms with Gasteiger partial charge in [-0.05, 0) is 43.7 Å². The molecule has 0 aliphatic heterocycles. The highest BCUT2D eigenvalue weighted by atomic mass is 32.2. The number of carbonyl (C=O) groups is 3. The summed E-state index contributed by atoms with van der Waals surface area (Å²) in [4.78, 5) is 37.9. The summed E-state index contributed by atoms with van der Waals surface area (Å²) in [5.74, 6) is -0.632. The molecule has 0 spiro atoms. The number of carbonyl (C=O) groups excluding carboxylic acids is 3. The molecule has 2 aromatic carbocycles.